The van der Waals surface area contributed by atoms with Crippen LogP contribution in [0, 0.1) is 20.8 Å². The zero-order valence-corrected chi connectivity index (χ0v) is 14.1. The van der Waals surface area contributed by atoms with Crippen molar-refractivity contribution in [3.63, 3.8) is 0 Å². The van der Waals surface area contributed by atoms with E-state index in [4.69, 9.17) is 4.74 Å². The summed E-state index contributed by atoms with van der Waals surface area (Å²) in [5.41, 5.74) is 3.47. The van der Waals surface area contributed by atoms with Crippen molar-refractivity contribution in [3.05, 3.63) is 64.2 Å². The van der Waals surface area contributed by atoms with Gasteiger partial charge in [0.2, 0.25) is 0 Å². The van der Waals surface area contributed by atoms with Crippen molar-refractivity contribution in [2.75, 3.05) is 0 Å². The number of carbonyl (C=O) groups is 2. The standard InChI is InChI=1S/C20H20O4/c1-12-10-13(2)17(14(3)11-12)18(21)24-16-6-4-15(5-7-16)20(8-9-20)19(22)23/h4-7,10-11H,8-9H2,1-3H3,(H,22,23). The Kier molecular flexibility index (Phi) is 3.91. The molecule has 0 radical (unpaired) electrons. The summed E-state index contributed by atoms with van der Waals surface area (Å²) in [6.07, 6.45) is 1.31. The van der Waals surface area contributed by atoms with Crippen LogP contribution in [0.25, 0.3) is 0 Å². The summed E-state index contributed by atoms with van der Waals surface area (Å²) < 4.78 is 5.46. The highest BCUT2D eigenvalue weighted by atomic mass is 16.5. The van der Waals surface area contributed by atoms with Crippen LogP contribution in [0.2, 0.25) is 0 Å². The quantitative estimate of drug-likeness (QED) is 0.683. The number of esters is 1. The normalized spacial score (nSPS) is 15.0. The molecule has 4 nitrogen and oxygen atoms in total. The zero-order chi connectivity index (χ0) is 17.5. The predicted molar refractivity (Wildman–Crippen MR) is 90.6 cm³/mol. The van der Waals surface area contributed by atoms with Crippen LogP contribution < -0.4 is 4.74 Å². The molecule has 0 aromatic heterocycles. The van der Waals surface area contributed by atoms with Gasteiger partial charge in [-0.2, -0.15) is 0 Å². The number of rotatable bonds is 4. The van der Waals surface area contributed by atoms with Gasteiger partial charge < -0.3 is 9.84 Å². The van der Waals surface area contributed by atoms with Crippen LogP contribution in [0.1, 0.15) is 45.5 Å². The molecule has 3 rings (SSSR count). The van der Waals surface area contributed by atoms with Crippen molar-refractivity contribution in [1.29, 1.82) is 0 Å². The van der Waals surface area contributed by atoms with Gasteiger partial charge >= 0.3 is 11.9 Å². The lowest BCUT2D eigenvalue weighted by molar-refractivity contribution is -0.140. The van der Waals surface area contributed by atoms with Gasteiger partial charge in [-0.25, -0.2) is 4.79 Å². The zero-order valence-electron chi connectivity index (χ0n) is 14.1. The van der Waals surface area contributed by atoms with Gasteiger partial charge in [0.15, 0.2) is 0 Å². The first kappa shape index (κ1) is 16.2. The maximum atomic E-state index is 12.5. The van der Waals surface area contributed by atoms with E-state index in [1.54, 1.807) is 24.3 Å². The molecule has 0 heterocycles. The van der Waals surface area contributed by atoms with Crippen LogP contribution in [0.4, 0.5) is 0 Å². The van der Waals surface area contributed by atoms with Gasteiger partial charge in [0.05, 0.1) is 11.0 Å². The van der Waals surface area contributed by atoms with Crippen LogP contribution in [0.15, 0.2) is 36.4 Å². The summed E-state index contributed by atoms with van der Waals surface area (Å²) in [6, 6.07) is 10.7. The van der Waals surface area contributed by atoms with E-state index >= 15 is 0 Å². The van der Waals surface area contributed by atoms with Crippen LogP contribution >= 0.6 is 0 Å². The third-order valence-corrected chi connectivity index (χ3v) is 4.66. The molecule has 24 heavy (non-hydrogen) atoms. The maximum absolute atomic E-state index is 12.5. The van der Waals surface area contributed by atoms with Crippen molar-refractivity contribution in [2.24, 2.45) is 0 Å². The minimum atomic E-state index is -0.793. The van der Waals surface area contributed by atoms with Gasteiger partial charge in [-0.05, 0) is 62.4 Å². The van der Waals surface area contributed by atoms with Gasteiger partial charge in [0.25, 0.3) is 0 Å². The first-order valence-electron chi connectivity index (χ1n) is 7.97. The topological polar surface area (TPSA) is 63.6 Å². The number of aryl methyl sites for hydroxylation is 3. The summed E-state index contributed by atoms with van der Waals surface area (Å²) in [6.45, 7) is 5.77. The second kappa shape index (κ2) is 5.78. The summed E-state index contributed by atoms with van der Waals surface area (Å²) >= 11 is 0. The fourth-order valence-electron chi connectivity index (χ4n) is 3.25. The monoisotopic (exact) mass is 324 g/mol. The summed E-state index contributed by atoms with van der Waals surface area (Å²) in [7, 11) is 0. The van der Waals surface area contributed by atoms with Crippen molar-refractivity contribution in [3.8, 4) is 5.75 Å². The summed E-state index contributed by atoms with van der Waals surface area (Å²) in [5.74, 6) is -0.764. The molecule has 1 aliphatic rings. The Morgan fingerprint density at radius 3 is 2.00 bits per heavy atom. The Balaban J connectivity index is 1.80. The molecule has 0 spiro atoms. The van der Waals surface area contributed by atoms with Crippen LogP contribution in [0.3, 0.4) is 0 Å². The highest BCUT2D eigenvalue weighted by Crippen LogP contribution is 2.48. The van der Waals surface area contributed by atoms with Gasteiger partial charge in [-0.3, -0.25) is 4.79 Å². The number of benzene rings is 2. The Labute approximate surface area is 141 Å². The van der Waals surface area contributed by atoms with Crippen LogP contribution in [0.5, 0.6) is 5.75 Å². The van der Waals surface area contributed by atoms with Crippen molar-refractivity contribution < 1.29 is 19.4 Å². The number of carboxylic acid groups (broad SMARTS) is 1. The maximum Gasteiger partial charge on any atom is 0.344 e. The predicted octanol–water partition coefficient (Wildman–Crippen LogP) is 3.95. The van der Waals surface area contributed by atoms with Gasteiger partial charge in [0, 0.05) is 0 Å². The fourth-order valence-corrected chi connectivity index (χ4v) is 3.25. The molecule has 4 heteroatoms. The third kappa shape index (κ3) is 2.80. The molecule has 2 aromatic carbocycles. The lowest BCUT2D eigenvalue weighted by Gasteiger charge is -2.13. The summed E-state index contributed by atoms with van der Waals surface area (Å²) in [4.78, 5) is 23.8. The molecule has 1 fully saturated rings. The molecule has 0 amide bonds. The smallest absolute Gasteiger partial charge is 0.344 e. The molecule has 0 saturated heterocycles. The Morgan fingerprint density at radius 1 is 1.00 bits per heavy atom. The largest absolute Gasteiger partial charge is 0.481 e. The third-order valence-electron chi connectivity index (χ3n) is 4.66. The van der Waals surface area contributed by atoms with Crippen LogP contribution in [-0.4, -0.2) is 17.0 Å². The van der Waals surface area contributed by atoms with Crippen LogP contribution in [-0.2, 0) is 10.2 Å². The fraction of sp³-hybridized carbons (Fsp3) is 0.300. The van der Waals surface area contributed by atoms with E-state index in [1.807, 2.05) is 32.9 Å². The Morgan fingerprint density at radius 2 is 1.54 bits per heavy atom. The molecule has 124 valence electrons. The SMILES string of the molecule is Cc1cc(C)c(C(=O)Oc2ccc(C3(C(=O)O)CC3)cc2)c(C)c1. The van der Waals surface area contributed by atoms with E-state index in [-0.39, 0.29) is 0 Å². The Bertz CT molecular complexity index is 791. The average Bonchev–Trinajstić information content (AvgIpc) is 3.28. The average molecular weight is 324 g/mol. The number of carbonyl (C=O) groups excluding carboxylic acids is 1. The first-order chi connectivity index (χ1) is 11.3. The van der Waals surface area contributed by atoms with Crippen molar-refractivity contribution >= 4 is 11.9 Å². The van der Waals surface area contributed by atoms with E-state index in [0.29, 0.717) is 24.2 Å². The van der Waals surface area contributed by atoms with Crippen molar-refractivity contribution in [2.45, 2.75) is 39.0 Å². The number of hydrogen-bond donors (Lipinski definition) is 1. The number of aliphatic carboxylic acids is 1. The summed E-state index contributed by atoms with van der Waals surface area (Å²) in [5, 5.41) is 9.32. The second-order valence-electron chi connectivity index (χ2n) is 6.57. The van der Waals surface area contributed by atoms with E-state index in [2.05, 4.69) is 0 Å². The number of hydrogen-bond acceptors (Lipinski definition) is 3. The minimum Gasteiger partial charge on any atom is -0.481 e. The lowest BCUT2D eigenvalue weighted by Crippen LogP contribution is -2.19. The van der Waals surface area contributed by atoms with E-state index in [0.717, 1.165) is 22.3 Å². The Hall–Kier alpha value is -2.62. The molecule has 1 aliphatic carbocycles. The molecule has 0 atom stereocenters. The highest BCUT2D eigenvalue weighted by molar-refractivity contribution is 5.94. The molecular formula is C20H20O4. The molecule has 1 N–H and O–H groups in total. The number of ether oxygens (including phenoxy) is 1. The van der Waals surface area contributed by atoms with Crippen molar-refractivity contribution in [1.82, 2.24) is 0 Å². The lowest BCUT2D eigenvalue weighted by atomic mass is 9.96. The van der Waals surface area contributed by atoms with Gasteiger partial charge in [0.1, 0.15) is 5.75 Å². The van der Waals surface area contributed by atoms with Gasteiger partial charge in [-0.15, -0.1) is 0 Å². The number of carboxylic acids is 1. The molecule has 0 aliphatic heterocycles. The molecule has 0 unspecified atom stereocenters. The first-order valence-corrected chi connectivity index (χ1v) is 7.97. The molecule has 0 bridgehead atoms. The molecular weight excluding hydrogens is 304 g/mol. The van der Waals surface area contributed by atoms with E-state index < -0.39 is 17.4 Å². The second-order valence-corrected chi connectivity index (χ2v) is 6.57. The highest BCUT2D eigenvalue weighted by Gasteiger charge is 2.51. The minimum absolute atomic E-state index is 0.392. The van der Waals surface area contributed by atoms with E-state index in [9.17, 15) is 14.7 Å². The van der Waals surface area contributed by atoms with Gasteiger partial charge in [-0.1, -0.05) is 29.8 Å². The van der Waals surface area contributed by atoms with E-state index in [1.165, 1.54) is 0 Å². The molecule has 2 aromatic rings. The molecule has 1 saturated carbocycles.